The van der Waals surface area contributed by atoms with Crippen molar-refractivity contribution in [3.05, 3.63) is 78.4 Å². The Morgan fingerprint density at radius 3 is 2.33 bits per heavy atom. The van der Waals surface area contributed by atoms with Crippen molar-refractivity contribution in [2.75, 3.05) is 50.1 Å². The van der Waals surface area contributed by atoms with E-state index in [2.05, 4.69) is 27.7 Å². The topological polar surface area (TPSA) is 79.9 Å². The van der Waals surface area contributed by atoms with E-state index in [1.807, 2.05) is 42.5 Å². The Kier molecular flexibility index (Phi) is 7.59. The molecule has 2 N–H and O–H groups in total. The van der Waals surface area contributed by atoms with Crippen LogP contribution in [-0.4, -0.2) is 56.2 Å². The van der Waals surface area contributed by atoms with Crippen LogP contribution in [-0.2, 0) is 9.53 Å². The monoisotopic (exact) mass is 485 g/mol. The molecule has 36 heavy (non-hydrogen) atoms. The molecule has 0 spiro atoms. The maximum Gasteiger partial charge on any atom is 0.255 e. The van der Waals surface area contributed by atoms with Crippen molar-refractivity contribution < 1.29 is 19.1 Å². The van der Waals surface area contributed by atoms with Crippen molar-refractivity contribution in [3.63, 3.8) is 0 Å². The average Bonchev–Trinajstić information content (AvgIpc) is 3.74. The Morgan fingerprint density at radius 2 is 1.61 bits per heavy atom. The summed E-state index contributed by atoms with van der Waals surface area (Å²) in [5.74, 6) is 0.770. The van der Waals surface area contributed by atoms with Gasteiger partial charge in [0.05, 0.1) is 32.1 Å². The molecule has 0 unspecified atom stereocenters. The van der Waals surface area contributed by atoms with Gasteiger partial charge in [0.15, 0.2) is 0 Å². The van der Waals surface area contributed by atoms with Gasteiger partial charge >= 0.3 is 0 Å². The molecule has 0 bridgehead atoms. The lowest BCUT2D eigenvalue weighted by atomic mass is 10.1. The number of carbonyl (C=O) groups excluding carboxylic acids is 2. The second kappa shape index (κ2) is 11.4. The molecule has 1 heterocycles. The van der Waals surface area contributed by atoms with Crippen LogP contribution >= 0.6 is 0 Å². The Bertz CT molecular complexity index is 1190. The molecule has 0 aromatic heterocycles. The molecule has 5 rings (SSSR count). The van der Waals surface area contributed by atoms with Crippen LogP contribution in [0.2, 0.25) is 0 Å². The van der Waals surface area contributed by atoms with Gasteiger partial charge in [-0.1, -0.05) is 42.5 Å². The number of amides is 2. The zero-order chi connectivity index (χ0) is 24.7. The van der Waals surface area contributed by atoms with E-state index in [-0.39, 0.29) is 18.4 Å². The fraction of sp³-hybridized carbons (Fsp3) is 0.310. The molecular weight excluding hydrogens is 454 g/mol. The lowest BCUT2D eigenvalue weighted by Gasteiger charge is -2.26. The highest BCUT2D eigenvalue weighted by atomic mass is 16.5. The number of ether oxygens (including phenoxy) is 2. The molecule has 1 saturated carbocycles. The predicted molar refractivity (Wildman–Crippen MR) is 140 cm³/mol. The van der Waals surface area contributed by atoms with Crippen LogP contribution < -0.4 is 15.4 Å². The van der Waals surface area contributed by atoms with Crippen molar-refractivity contribution >= 4 is 23.2 Å². The molecule has 7 nitrogen and oxygen atoms in total. The van der Waals surface area contributed by atoms with E-state index in [1.54, 1.807) is 18.2 Å². The van der Waals surface area contributed by atoms with Gasteiger partial charge in [-0.05, 0) is 60.2 Å². The Labute approximate surface area is 211 Å². The van der Waals surface area contributed by atoms with E-state index >= 15 is 0 Å². The van der Waals surface area contributed by atoms with Gasteiger partial charge in [-0.2, -0.15) is 0 Å². The Balaban J connectivity index is 1.27. The molecule has 2 fully saturated rings. The summed E-state index contributed by atoms with van der Waals surface area (Å²) in [7, 11) is 0. The first kappa shape index (κ1) is 24.0. The van der Waals surface area contributed by atoms with E-state index in [0.29, 0.717) is 48.4 Å². The summed E-state index contributed by atoms with van der Waals surface area (Å²) in [6.07, 6.45) is 2.34. The second-order valence-electron chi connectivity index (χ2n) is 9.30. The Morgan fingerprint density at radius 1 is 0.889 bits per heavy atom. The van der Waals surface area contributed by atoms with Crippen molar-refractivity contribution in [1.29, 1.82) is 0 Å². The molecule has 2 aliphatic rings. The van der Waals surface area contributed by atoms with Gasteiger partial charge in [0, 0.05) is 24.3 Å². The molecule has 0 radical (unpaired) electrons. The van der Waals surface area contributed by atoms with E-state index in [4.69, 9.17) is 9.47 Å². The molecule has 0 atom stereocenters. The SMILES string of the molecule is O=C(CN1CCOCC1)Nc1cc(C(=O)Nc2ccc(-c3ccccc3)cc2)ccc1OCC1CC1. The fourth-order valence-electron chi connectivity index (χ4n) is 4.12. The van der Waals surface area contributed by atoms with Crippen LogP contribution in [0.4, 0.5) is 11.4 Å². The van der Waals surface area contributed by atoms with E-state index in [1.165, 1.54) is 12.8 Å². The number of morpholine rings is 1. The van der Waals surface area contributed by atoms with Crippen LogP contribution in [0, 0.1) is 5.92 Å². The lowest BCUT2D eigenvalue weighted by Crippen LogP contribution is -2.41. The molecule has 3 aromatic rings. The normalized spacial score (nSPS) is 15.8. The number of anilines is 2. The van der Waals surface area contributed by atoms with Gasteiger partial charge in [0.1, 0.15) is 5.75 Å². The smallest absolute Gasteiger partial charge is 0.255 e. The summed E-state index contributed by atoms with van der Waals surface area (Å²) in [6.45, 7) is 3.60. The van der Waals surface area contributed by atoms with Crippen LogP contribution in [0.25, 0.3) is 11.1 Å². The minimum atomic E-state index is -0.250. The third-order valence-corrected chi connectivity index (χ3v) is 6.41. The predicted octanol–water partition coefficient (Wildman–Crippen LogP) is 4.67. The van der Waals surface area contributed by atoms with E-state index in [9.17, 15) is 9.59 Å². The quantitative estimate of drug-likeness (QED) is 0.461. The number of hydrogen-bond acceptors (Lipinski definition) is 5. The highest BCUT2D eigenvalue weighted by molar-refractivity contribution is 6.06. The number of benzene rings is 3. The molecule has 3 aromatic carbocycles. The summed E-state index contributed by atoms with van der Waals surface area (Å²) < 4.78 is 11.3. The van der Waals surface area contributed by atoms with Crippen LogP contribution in [0.5, 0.6) is 5.75 Å². The molecule has 1 aliphatic heterocycles. The number of hydrogen-bond donors (Lipinski definition) is 2. The molecule has 1 aliphatic carbocycles. The van der Waals surface area contributed by atoms with Gasteiger partial charge in [-0.15, -0.1) is 0 Å². The Hall–Kier alpha value is -3.68. The van der Waals surface area contributed by atoms with Crippen LogP contribution in [0.3, 0.4) is 0 Å². The number of nitrogens with one attached hydrogen (secondary N) is 2. The van der Waals surface area contributed by atoms with Crippen LogP contribution in [0.1, 0.15) is 23.2 Å². The summed E-state index contributed by atoms with van der Waals surface area (Å²) in [6, 6.07) is 23.0. The largest absolute Gasteiger partial charge is 0.491 e. The summed E-state index contributed by atoms with van der Waals surface area (Å²) in [5, 5.41) is 5.91. The first-order valence-corrected chi connectivity index (χ1v) is 12.5. The van der Waals surface area contributed by atoms with Gasteiger partial charge in [0.2, 0.25) is 5.91 Å². The van der Waals surface area contributed by atoms with Gasteiger partial charge in [-0.25, -0.2) is 0 Å². The van der Waals surface area contributed by atoms with Gasteiger partial charge in [-0.3, -0.25) is 14.5 Å². The summed E-state index contributed by atoms with van der Waals surface area (Å²) in [5.41, 5.74) is 3.86. The molecule has 2 amide bonds. The van der Waals surface area contributed by atoms with Gasteiger partial charge < -0.3 is 20.1 Å². The zero-order valence-electron chi connectivity index (χ0n) is 20.2. The zero-order valence-corrected chi connectivity index (χ0v) is 20.2. The molecular formula is C29H31N3O4. The minimum absolute atomic E-state index is 0.137. The van der Waals surface area contributed by atoms with Crippen molar-refractivity contribution in [1.82, 2.24) is 4.90 Å². The average molecular weight is 486 g/mol. The van der Waals surface area contributed by atoms with Crippen molar-refractivity contribution in [2.45, 2.75) is 12.8 Å². The van der Waals surface area contributed by atoms with Crippen molar-refractivity contribution in [3.8, 4) is 16.9 Å². The number of carbonyl (C=O) groups is 2. The van der Waals surface area contributed by atoms with Gasteiger partial charge in [0.25, 0.3) is 5.91 Å². The maximum atomic E-state index is 13.0. The third kappa shape index (κ3) is 6.50. The van der Waals surface area contributed by atoms with E-state index < -0.39 is 0 Å². The maximum absolute atomic E-state index is 13.0. The first-order chi connectivity index (χ1) is 17.6. The highest BCUT2D eigenvalue weighted by Gasteiger charge is 2.23. The second-order valence-corrected chi connectivity index (χ2v) is 9.30. The standard InChI is InChI=1S/C29H31N3O4/c33-28(19-32-14-16-35-17-15-32)31-26-18-24(10-13-27(26)36-20-21-6-7-21)29(34)30-25-11-8-23(9-12-25)22-4-2-1-3-5-22/h1-5,8-13,18,21H,6-7,14-17,19-20H2,(H,30,34)(H,31,33). The first-order valence-electron chi connectivity index (χ1n) is 12.5. The number of nitrogens with zero attached hydrogens (tertiary/aromatic N) is 1. The minimum Gasteiger partial charge on any atom is -0.491 e. The number of rotatable bonds is 9. The molecule has 1 saturated heterocycles. The van der Waals surface area contributed by atoms with Crippen LogP contribution in [0.15, 0.2) is 72.8 Å². The fourth-order valence-corrected chi connectivity index (χ4v) is 4.12. The van der Waals surface area contributed by atoms with Crippen molar-refractivity contribution in [2.24, 2.45) is 5.92 Å². The molecule has 186 valence electrons. The van der Waals surface area contributed by atoms with E-state index in [0.717, 1.165) is 24.2 Å². The summed E-state index contributed by atoms with van der Waals surface area (Å²) in [4.78, 5) is 27.8. The third-order valence-electron chi connectivity index (χ3n) is 6.41. The summed E-state index contributed by atoms with van der Waals surface area (Å²) >= 11 is 0. The molecule has 7 heteroatoms. The lowest BCUT2D eigenvalue weighted by molar-refractivity contribution is -0.118. The highest BCUT2D eigenvalue weighted by Crippen LogP contribution is 2.32.